The molecule has 2 aromatic rings. The van der Waals surface area contributed by atoms with E-state index in [-0.39, 0.29) is 5.82 Å². The van der Waals surface area contributed by atoms with Gasteiger partial charge in [-0.1, -0.05) is 11.6 Å². The van der Waals surface area contributed by atoms with Crippen molar-refractivity contribution < 1.29 is 13.9 Å². The summed E-state index contributed by atoms with van der Waals surface area (Å²) in [4.78, 5) is 0. The molecule has 0 saturated carbocycles. The molecule has 0 aliphatic carbocycles. The molecule has 2 rings (SSSR count). The van der Waals surface area contributed by atoms with Gasteiger partial charge in [0.15, 0.2) is 0 Å². The molecular formula is C14H13ClFNO2. The van der Waals surface area contributed by atoms with Crippen LogP contribution in [-0.2, 0) is 0 Å². The van der Waals surface area contributed by atoms with Crippen LogP contribution < -0.4 is 15.2 Å². The summed E-state index contributed by atoms with van der Waals surface area (Å²) in [5.74, 6) is 0.936. The zero-order valence-corrected chi connectivity index (χ0v) is 10.9. The van der Waals surface area contributed by atoms with Crippen molar-refractivity contribution in [1.82, 2.24) is 0 Å². The van der Waals surface area contributed by atoms with Gasteiger partial charge in [-0.2, -0.15) is 0 Å². The summed E-state index contributed by atoms with van der Waals surface area (Å²) >= 11 is 5.80. The molecule has 0 aliphatic rings. The average molecular weight is 282 g/mol. The third-order valence-electron chi connectivity index (χ3n) is 2.40. The molecule has 0 saturated heterocycles. The van der Waals surface area contributed by atoms with Crippen LogP contribution in [0.4, 0.5) is 10.1 Å². The van der Waals surface area contributed by atoms with E-state index < -0.39 is 0 Å². The SMILES string of the molecule is Nc1cc(OCCOc2ccc(F)cc2)ccc1Cl. The molecule has 3 nitrogen and oxygen atoms in total. The van der Waals surface area contributed by atoms with Gasteiger partial charge in [0.05, 0.1) is 10.7 Å². The molecule has 0 spiro atoms. The van der Waals surface area contributed by atoms with Gasteiger partial charge in [0.2, 0.25) is 0 Å². The standard InChI is InChI=1S/C14H13ClFNO2/c15-13-6-5-12(9-14(13)17)19-8-7-18-11-3-1-10(16)2-4-11/h1-6,9H,7-8,17H2. The molecule has 0 heterocycles. The number of benzene rings is 2. The van der Waals surface area contributed by atoms with Crippen molar-refractivity contribution in [2.45, 2.75) is 0 Å². The summed E-state index contributed by atoms with van der Waals surface area (Å²) in [5.41, 5.74) is 6.12. The van der Waals surface area contributed by atoms with Crippen LogP contribution in [0.15, 0.2) is 42.5 Å². The third-order valence-corrected chi connectivity index (χ3v) is 2.75. The number of nitrogens with two attached hydrogens (primary N) is 1. The van der Waals surface area contributed by atoms with E-state index in [2.05, 4.69) is 0 Å². The molecule has 0 atom stereocenters. The van der Waals surface area contributed by atoms with E-state index >= 15 is 0 Å². The van der Waals surface area contributed by atoms with E-state index in [1.165, 1.54) is 12.1 Å². The Morgan fingerprint density at radius 1 is 0.947 bits per heavy atom. The van der Waals surface area contributed by atoms with E-state index in [9.17, 15) is 4.39 Å². The number of ether oxygens (including phenoxy) is 2. The van der Waals surface area contributed by atoms with E-state index in [4.69, 9.17) is 26.8 Å². The fourth-order valence-electron chi connectivity index (χ4n) is 1.46. The largest absolute Gasteiger partial charge is 0.490 e. The molecular weight excluding hydrogens is 269 g/mol. The number of rotatable bonds is 5. The summed E-state index contributed by atoms with van der Waals surface area (Å²) in [7, 11) is 0. The molecule has 100 valence electrons. The highest BCUT2D eigenvalue weighted by Gasteiger charge is 2.00. The Hall–Kier alpha value is -1.94. The van der Waals surface area contributed by atoms with E-state index in [0.29, 0.717) is 35.4 Å². The van der Waals surface area contributed by atoms with Gasteiger partial charge < -0.3 is 15.2 Å². The molecule has 0 aliphatic heterocycles. The lowest BCUT2D eigenvalue weighted by atomic mass is 10.3. The number of halogens is 2. The van der Waals surface area contributed by atoms with E-state index in [1.807, 2.05) is 0 Å². The minimum atomic E-state index is -0.291. The number of anilines is 1. The van der Waals surface area contributed by atoms with Crippen molar-refractivity contribution in [3.05, 3.63) is 53.3 Å². The normalized spacial score (nSPS) is 10.2. The quantitative estimate of drug-likeness (QED) is 0.674. The minimum Gasteiger partial charge on any atom is -0.490 e. The Bertz CT molecular complexity index is 546. The second-order valence-electron chi connectivity index (χ2n) is 3.83. The number of hydrogen-bond acceptors (Lipinski definition) is 3. The van der Waals surface area contributed by atoms with Gasteiger partial charge in [-0.15, -0.1) is 0 Å². The fraction of sp³-hybridized carbons (Fsp3) is 0.143. The Balaban J connectivity index is 1.77. The van der Waals surface area contributed by atoms with E-state index in [1.54, 1.807) is 30.3 Å². The topological polar surface area (TPSA) is 44.5 Å². The molecule has 2 N–H and O–H groups in total. The van der Waals surface area contributed by atoms with Crippen LogP contribution in [0, 0.1) is 5.82 Å². The van der Waals surface area contributed by atoms with Gasteiger partial charge in [-0.3, -0.25) is 0 Å². The lowest BCUT2D eigenvalue weighted by Crippen LogP contribution is -2.09. The van der Waals surface area contributed by atoms with Crippen LogP contribution in [0.25, 0.3) is 0 Å². The van der Waals surface area contributed by atoms with Gasteiger partial charge in [0.25, 0.3) is 0 Å². The summed E-state index contributed by atoms with van der Waals surface area (Å²) in [6, 6.07) is 10.9. The van der Waals surface area contributed by atoms with Crippen LogP contribution >= 0.6 is 11.6 Å². The van der Waals surface area contributed by atoms with Crippen LogP contribution in [0.5, 0.6) is 11.5 Å². The van der Waals surface area contributed by atoms with Gasteiger partial charge >= 0.3 is 0 Å². The maximum absolute atomic E-state index is 12.7. The van der Waals surface area contributed by atoms with Crippen LogP contribution in [0.3, 0.4) is 0 Å². The first-order chi connectivity index (χ1) is 9.15. The lowest BCUT2D eigenvalue weighted by molar-refractivity contribution is 0.217. The Morgan fingerprint density at radius 2 is 1.53 bits per heavy atom. The van der Waals surface area contributed by atoms with Crippen molar-refractivity contribution in [3.63, 3.8) is 0 Å². The molecule has 0 amide bonds. The molecule has 0 radical (unpaired) electrons. The smallest absolute Gasteiger partial charge is 0.123 e. The molecule has 0 aromatic heterocycles. The predicted octanol–water partition coefficient (Wildman–Crippen LogP) is 3.52. The average Bonchev–Trinajstić information content (AvgIpc) is 2.41. The first kappa shape index (κ1) is 13.5. The van der Waals surface area contributed by atoms with Crippen molar-refractivity contribution in [3.8, 4) is 11.5 Å². The zero-order chi connectivity index (χ0) is 13.7. The van der Waals surface area contributed by atoms with Crippen LogP contribution in [0.1, 0.15) is 0 Å². The van der Waals surface area contributed by atoms with Gasteiger partial charge in [0.1, 0.15) is 30.5 Å². The number of nitrogen functional groups attached to an aromatic ring is 1. The second-order valence-corrected chi connectivity index (χ2v) is 4.24. The van der Waals surface area contributed by atoms with Crippen molar-refractivity contribution in [2.75, 3.05) is 18.9 Å². The first-order valence-electron chi connectivity index (χ1n) is 5.71. The highest BCUT2D eigenvalue weighted by atomic mass is 35.5. The number of hydrogen-bond donors (Lipinski definition) is 1. The van der Waals surface area contributed by atoms with Gasteiger partial charge in [-0.25, -0.2) is 4.39 Å². The van der Waals surface area contributed by atoms with Crippen molar-refractivity contribution in [2.24, 2.45) is 0 Å². The Morgan fingerprint density at radius 3 is 2.16 bits per heavy atom. The molecule has 5 heteroatoms. The third kappa shape index (κ3) is 4.03. The first-order valence-corrected chi connectivity index (χ1v) is 6.09. The van der Waals surface area contributed by atoms with E-state index in [0.717, 1.165) is 0 Å². The predicted molar refractivity (Wildman–Crippen MR) is 73.3 cm³/mol. The molecule has 0 fully saturated rings. The highest BCUT2D eigenvalue weighted by Crippen LogP contribution is 2.23. The molecule has 2 aromatic carbocycles. The Labute approximate surface area is 115 Å². The summed E-state index contributed by atoms with van der Waals surface area (Å²) in [5, 5.41) is 0.495. The molecule has 19 heavy (non-hydrogen) atoms. The fourth-order valence-corrected chi connectivity index (χ4v) is 1.58. The summed E-state index contributed by atoms with van der Waals surface area (Å²) in [6.45, 7) is 0.715. The Kier molecular flexibility index (Phi) is 4.47. The lowest BCUT2D eigenvalue weighted by Gasteiger charge is -2.09. The second kappa shape index (κ2) is 6.29. The van der Waals surface area contributed by atoms with Crippen LogP contribution in [-0.4, -0.2) is 13.2 Å². The summed E-state index contributed by atoms with van der Waals surface area (Å²) < 4.78 is 23.5. The van der Waals surface area contributed by atoms with Crippen molar-refractivity contribution >= 4 is 17.3 Å². The monoisotopic (exact) mass is 281 g/mol. The van der Waals surface area contributed by atoms with Crippen LogP contribution in [0.2, 0.25) is 5.02 Å². The maximum Gasteiger partial charge on any atom is 0.123 e. The van der Waals surface area contributed by atoms with Gasteiger partial charge in [-0.05, 0) is 36.4 Å². The van der Waals surface area contributed by atoms with Crippen molar-refractivity contribution in [1.29, 1.82) is 0 Å². The summed E-state index contributed by atoms with van der Waals surface area (Å²) in [6.07, 6.45) is 0. The highest BCUT2D eigenvalue weighted by molar-refractivity contribution is 6.33. The zero-order valence-electron chi connectivity index (χ0n) is 10.1. The van der Waals surface area contributed by atoms with Gasteiger partial charge in [0, 0.05) is 6.07 Å². The molecule has 0 unspecified atom stereocenters. The minimum absolute atomic E-state index is 0.291. The molecule has 0 bridgehead atoms. The maximum atomic E-state index is 12.7.